The van der Waals surface area contributed by atoms with Crippen molar-refractivity contribution in [2.45, 2.75) is 30.7 Å². The molecule has 0 saturated carbocycles. The number of piperidine rings is 1. The van der Waals surface area contributed by atoms with Crippen molar-refractivity contribution in [1.29, 1.82) is 0 Å². The largest absolute Gasteiger partial charge is 0.329 e. The maximum atomic E-state index is 12.9. The SMILES string of the molecule is Cc1cc(S(=O)(=O)N2CCC(N3C(=O)CNC3=O)CC2)c(Cl)cc1Cl. The Labute approximate surface area is 155 Å². The van der Waals surface area contributed by atoms with Gasteiger partial charge in [0.2, 0.25) is 15.9 Å². The number of sulfonamides is 1. The number of amides is 3. The van der Waals surface area contributed by atoms with E-state index in [-0.39, 0.29) is 41.5 Å². The third-order valence-corrected chi connectivity index (χ3v) is 7.27. The summed E-state index contributed by atoms with van der Waals surface area (Å²) in [5.74, 6) is -0.275. The van der Waals surface area contributed by atoms with E-state index in [4.69, 9.17) is 23.2 Å². The van der Waals surface area contributed by atoms with Gasteiger partial charge in [0.05, 0.1) is 11.6 Å². The molecule has 3 amide bonds. The van der Waals surface area contributed by atoms with Crippen LogP contribution in [0.15, 0.2) is 17.0 Å². The smallest absolute Gasteiger partial charge is 0.324 e. The number of hydrogen-bond donors (Lipinski definition) is 1. The molecule has 1 aromatic carbocycles. The Morgan fingerprint density at radius 2 is 1.76 bits per heavy atom. The summed E-state index contributed by atoms with van der Waals surface area (Å²) >= 11 is 12.1. The van der Waals surface area contributed by atoms with Gasteiger partial charge in [0.1, 0.15) is 4.90 Å². The first kappa shape index (κ1) is 18.4. The van der Waals surface area contributed by atoms with Gasteiger partial charge in [-0.2, -0.15) is 4.31 Å². The van der Waals surface area contributed by atoms with Crippen LogP contribution >= 0.6 is 23.2 Å². The quantitative estimate of drug-likeness (QED) is 0.779. The van der Waals surface area contributed by atoms with Gasteiger partial charge < -0.3 is 5.32 Å². The molecule has 0 atom stereocenters. The predicted molar refractivity (Wildman–Crippen MR) is 93.2 cm³/mol. The topological polar surface area (TPSA) is 86.8 Å². The summed E-state index contributed by atoms with van der Waals surface area (Å²) < 4.78 is 27.1. The molecule has 0 aromatic heterocycles. The van der Waals surface area contributed by atoms with Gasteiger partial charge in [-0.3, -0.25) is 9.69 Å². The van der Waals surface area contributed by atoms with Gasteiger partial charge in [0, 0.05) is 24.2 Å². The van der Waals surface area contributed by atoms with Crippen LogP contribution in [0.1, 0.15) is 18.4 Å². The molecule has 0 unspecified atom stereocenters. The Hall–Kier alpha value is -1.35. The Kier molecular flexibility index (Phi) is 4.98. The molecule has 1 N–H and O–H groups in total. The van der Waals surface area contributed by atoms with Crippen LogP contribution in [0, 0.1) is 6.92 Å². The number of benzene rings is 1. The van der Waals surface area contributed by atoms with Crippen LogP contribution < -0.4 is 5.32 Å². The maximum Gasteiger partial charge on any atom is 0.324 e. The van der Waals surface area contributed by atoms with E-state index in [0.717, 1.165) is 0 Å². The van der Waals surface area contributed by atoms with E-state index in [0.29, 0.717) is 23.4 Å². The molecule has 25 heavy (non-hydrogen) atoms. The van der Waals surface area contributed by atoms with Gasteiger partial charge in [-0.25, -0.2) is 13.2 Å². The van der Waals surface area contributed by atoms with Crippen LogP contribution in [0.2, 0.25) is 10.0 Å². The summed E-state index contributed by atoms with van der Waals surface area (Å²) in [4.78, 5) is 24.7. The van der Waals surface area contributed by atoms with Gasteiger partial charge >= 0.3 is 6.03 Å². The van der Waals surface area contributed by atoms with Crippen LogP contribution in [0.5, 0.6) is 0 Å². The highest BCUT2D eigenvalue weighted by Crippen LogP contribution is 2.32. The highest BCUT2D eigenvalue weighted by Gasteiger charge is 2.39. The van der Waals surface area contributed by atoms with Crippen molar-refractivity contribution in [3.63, 3.8) is 0 Å². The molecule has 136 valence electrons. The third-order valence-electron chi connectivity index (χ3n) is 4.50. The Morgan fingerprint density at radius 1 is 1.12 bits per heavy atom. The number of halogens is 2. The summed E-state index contributed by atoms with van der Waals surface area (Å²) in [6, 6.07) is 2.18. The van der Waals surface area contributed by atoms with Crippen LogP contribution in [-0.2, 0) is 14.8 Å². The van der Waals surface area contributed by atoms with E-state index in [1.54, 1.807) is 6.92 Å². The highest BCUT2D eigenvalue weighted by molar-refractivity contribution is 7.89. The maximum absolute atomic E-state index is 12.9. The molecule has 2 aliphatic rings. The van der Waals surface area contributed by atoms with Crippen LogP contribution in [-0.4, -0.2) is 55.2 Å². The number of nitrogens with one attached hydrogen (secondary N) is 1. The van der Waals surface area contributed by atoms with Crippen LogP contribution in [0.4, 0.5) is 4.79 Å². The Morgan fingerprint density at radius 3 is 2.32 bits per heavy atom. The molecule has 1 aromatic rings. The lowest BCUT2D eigenvalue weighted by molar-refractivity contribution is -0.127. The second-order valence-corrected chi connectivity index (χ2v) is 8.81. The summed E-state index contributed by atoms with van der Waals surface area (Å²) in [6.45, 7) is 2.13. The standard InChI is InChI=1S/C15H17Cl2N3O4S/c1-9-6-13(12(17)7-11(9)16)25(23,24)19-4-2-10(3-5-19)20-14(21)8-18-15(20)22/h6-7,10H,2-5,8H2,1H3,(H,18,22). The van der Waals surface area contributed by atoms with Gasteiger partial charge in [-0.05, 0) is 37.5 Å². The van der Waals surface area contributed by atoms with E-state index < -0.39 is 16.1 Å². The third kappa shape index (κ3) is 3.36. The molecule has 3 rings (SSSR count). The fourth-order valence-electron chi connectivity index (χ4n) is 3.11. The predicted octanol–water partition coefficient (Wildman–Crippen LogP) is 2.01. The second-order valence-electron chi connectivity index (χ2n) is 6.09. The molecule has 2 aliphatic heterocycles. The summed E-state index contributed by atoms with van der Waals surface area (Å²) in [5, 5.41) is 2.96. The molecule has 10 heteroatoms. The molecule has 0 spiro atoms. The number of carbonyl (C=O) groups excluding carboxylic acids is 2. The minimum Gasteiger partial charge on any atom is -0.329 e. The minimum absolute atomic E-state index is 0.00297. The Bertz CT molecular complexity index is 819. The number of rotatable bonds is 3. The zero-order chi connectivity index (χ0) is 18.4. The molecule has 0 aliphatic carbocycles. The monoisotopic (exact) mass is 405 g/mol. The second kappa shape index (κ2) is 6.75. The highest BCUT2D eigenvalue weighted by atomic mass is 35.5. The van der Waals surface area contributed by atoms with E-state index in [9.17, 15) is 18.0 Å². The number of urea groups is 1. The molecule has 0 radical (unpaired) electrons. The zero-order valence-corrected chi connectivity index (χ0v) is 15.8. The Balaban J connectivity index is 1.77. The molecule has 2 saturated heterocycles. The van der Waals surface area contributed by atoms with Gasteiger partial charge in [-0.15, -0.1) is 0 Å². The molecular weight excluding hydrogens is 389 g/mol. The van der Waals surface area contributed by atoms with E-state index in [1.807, 2.05) is 0 Å². The zero-order valence-electron chi connectivity index (χ0n) is 13.5. The van der Waals surface area contributed by atoms with Crippen LogP contribution in [0.3, 0.4) is 0 Å². The number of carbonyl (C=O) groups is 2. The van der Waals surface area contributed by atoms with Crippen molar-refractivity contribution < 1.29 is 18.0 Å². The summed E-state index contributed by atoms with van der Waals surface area (Å²) in [6.07, 6.45) is 0.783. The van der Waals surface area contributed by atoms with Crippen molar-refractivity contribution in [3.05, 3.63) is 27.7 Å². The molecule has 2 fully saturated rings. The van der Waals surface area contributed by atoms with Gasteiger partial charge in [0.15, 0.2) is 0 Å². The fraction of sp³-hybridized carbons (Fsp3) is 0.467. The van der Waals surface area contributed by atoms with E-state index >= 15 is 0 Å². The normalized spacial score (nSPS) is 20.2. The molecular formula is C15H17Cl2N3O4S. The molecule has 7 nitrogen and oxygen atoms in total. The van der Waals surface area contributed by atoms with Crippen LogP contribution in [0.25, 0.3) is 0 Å². The number of imide groups is 1. The van der Waals surface area contributed by atoms with E-state index in [2.05, 4.69) is 5.32 Å². The lowest BCUT2D eigenvalue weighted by Crippen LogP contribution is -2.49. The summed E-state index contributed by atoms with van der Waals surface area (Å²) in [7, 11) is -3.77. The lowest BCUT2D eigenvalue weighted by atomic mass is 10.1. The first-order valence-electron chi connectivity index (χ1n) is 7.77. The average molecular weight is 406 g/mol. The van der Waals surface area contributed by atoms with E-state index in [1.165, 1.54) is 21.3 Å². The molecule has 2 heterocycles. The van der Waals surface area contributed by atoms with Crippen molar-refractivity contribution in [2.75, 3.05) is 19.6 Å². The first-order chi connectivity index (χ1) is 11.7. The minimum atomic E-state index is -3.77. The van der Waals surface area contributed by atoms with Crippen molar-refractivity contribution in [3.8, 4) is 0 Å². The molecule has 0 bridgehead atoms. The van der Waals surface area contributed by atoms with Gasteiger partial charge in [-0.1, -0.05) is 23.2 Å². The number of aryl methyl sites for hydroxylation is 1. The first-order valence-corrected chi connectivity index (χ1v) is 9.97. The number of nitrogens with zero attached hydrogens (tertiary/aromatic N) is 2. The fourth-order valence-corrected chi connectivity index (χ4v) is 5.39. The number of hydrogen-bond acceptors (Lipinski definition) is 4. The lowest BCUT2D eigenvalue weighted by Gasteiger charge is -2.34. The van der Waals surface area contributed by atoms with Crippen molar-refractivity contribution in [2.24, 2.45) is 0 Å². The van der Waals surface area contributed by atoms with Crippen molar-refractivity contribution >= 4 is 45.2 Å². The van der Waals surface area contributed by atoms with Gasteiger partial charge in [0.25, 0.3) is 0 Å². The average Bonchev–Trinajstić information content (AvgIpc) is 2.89. The van der Waals surface area contributed by atoms with Crippen molar-refractivity contribution in [1.82, 2.24) is 14.5 Å². The summed E-state index contributed by atoms with van der Waals surface area (Å²) in [5.41, 5.74) is 0.624.